The number of rotatable bonds is 5. The second kappa shape index (κ2) is 7.75. The molecule has 0 N–H and O–H groups in total. The number of anilines is 1. The van der Waals surface area contributed by atoms with Gasteiger partial charge in [-0.2, -0.15) is 0 Å². The number of hydrogen-bond donors (Lipinski definition) is 0. The van der Waals surface area contributed by atoms with Crippen LogP contribution in [0, 0.1) is 11.8 Å². The standard InChI is InChI=1S/C25H23BrN2O3/c1-2-3-13-27-24(30)20-19-11-9-16-14-17(26)10-12-18(16)28(19)22(21(20)25(27)31)23(29)15-7-5-4-6-8-15/h4-12,14,19-22H,2-3,13H2,1H3. The summed E-state index contributed by atoms with van der Waals surface area (Å²) in [4.78, 5) is 44.0. The molecule has 0 spiro atoms. The second-order valence-corrected chi connectivity index (χ2v) is 9.28. The normalized spacial score (nSPS) is 26.1. The van der Waals surface area contributed by atoms with E-state index in [4.69, 9.17) is 0 Å². The Hall–Kier alpha value is -2.73. The zero-order chi connectivity index (χ0) is 21.7. The molecule has 2 aromatic carbocycles. The fraction of sp³-hybridized carbons (Fsp3) is 0.320. The maximum atomic E-state index is 13.7. The van der Waals surface area contributed by atoms with Crippen LogP contribution >= 0.6 is 15.9 Å². The minimum Gasteiger partial charge on any atom is -0.352 e. The van der Waals surface area contributed by atoms with Crippen LogP contribution in [0.4, 0.5) is 5.69 Å². The highest BCUT2D eigenvalue weighted by Gasteiger charge is 2.63. The molecule has 0 aromatic heterocycles. The molecule has 0 bridgehead atoms. The summed E-state index contributed by atoms with van der Waals surface area (Å²) < 4.78 is 0.942. The molecule has 5 rings (SSSR count). The van der Waals surface area contributed by atoms with E-state index in [9.17, 15) is 14.4 Å². The van der Waals surface area contributed by atoms with Gasteiger partial charge in [-0.15, -0.1) is 0 Å². The Balaban J connectivity index is 1.63. The highest BCUT2D eigenvalue weighted by atomic mass is 79.9. The Morgan fingerprint density at radius 3 is 2.52 bits per heavy atom. The summed E-state index contributed by atoms with van der Waals surface area (Å²) in [5, 5.41) is 0. The van der Waals surface area contributed by atoms with Gasteiger partial charge >= 0.3 is 0 Å². The Kier molecular flexibility index (Phi) is 5.05. The number of carbonyl (C=O) groups excluding carboxylic acids is 3. The number of unbranched alkanes of at least 4 members (excludes halogenated alkanes) is 1. The number of halogens is 1. The predicted octanol–water partition coefficient (Wildman–Crippen LogP) is 4.32. The van der Waals surface area contributed by atoms with Crippen molar-refractivity contribution in [2.24, 2.45) is 11.8 Å². The summed E-state index contributed by atoms with van der Waals surface area (Å²) in [5.74, 6) is -1.66. The van der Waals surface area contributed by atoms with E-state index in [2.05, 4.69) is 15.9 Å². The monoisotopic (exact) mass is 478 g/mol. The minimum atomic E-state index is -0.703. The summed E-state index contributed by atoms with van der Waals surface area (Å²) in [5.41, 5.74) is 2.42. The molecule has 0 saturated carbocycles. The van der Waals surface area contributed by atoms with Crippen LogP contribution in [-0.4, -0.2) is 41.1 Å². The van der Waals surface area contributed by atoms with E-state index in [1.807, 2.05) is 60.4 Å². The third kappa shape index (κ3) is 3.07. The van der Waals surface area contributed by atoms with Crippen molar-refractivity contribution < 1.29 is 14.4 Å². The summed E-state index contributed by atoms with van der Waals surface area (Å²) in [7, 11) is 0. The van der Waals surface area contributed by atoms with Crippen molar-refractivity contribution in [1.82, 2.24) is 4.90 Å². The number of Topliss-reactive ketones (excluding diaryl/α,β-unsaturated/α-hetero) is 1. The molecule has 2 saturated heterocycles. The van der Waals surface area contributed by atoms with Crippen molar-refractivity contribution in [3.63, 3.8) is 0 Å². The first-order chi connectivity index (χ1) is 15.0. The van der Waals surface area contributed by atoms with Crippen LogP contribution in [0.2, 0.25) is 0 Å². The van der Waals surface area contributed by atoms with Gasteiger partial charge in [-0.1, -0.05) is 71.8 Å². The van der Waals surface area contributed by atoms with E-state index in [-0.39, 0.29) is 23.6 Å². The largest absolute Gasteiger partial charge is 0.352 e. The van der Waals surface area contributed by atoms with Gasteiger partial charge in [0.2, 0.25) is 11.8 Å². The molecule has 4 atom stereocenters. The SMILES string of the molecule is CCCCN1C(=O)C2C(C1=O)C(C(=O)c1ccccc1)N1c3ccc(Br)cc3C=CC21. The van der Waals surface area contributed by atoms with E-state index < -0.39 is 17.9 Å². The first-order valence-corrected chi connectivity index (χ1v) is 11.5. The van der Waals surface area contributed by atoms with Crippen molar-refractivity contribution in [3.05, 3.63) is 70.2 Å². The van der Waals surface area contributed by atoms with Crippen LogP contribution in [-0.2, 0) is 9.59 Å². The van der Waals surface area contributed by atoms with Gasteiger partial charge < -0.3 is 4.90 Å². The molecule has 31 heavy (non-hydrogen) atoms. The molecule has 3 heterocycles. The zero-order valence-electron chi connectivity index (χ0n) is 17.2. The Morgan fingerprint density at radius 1 is 1.03 bits per heavy atom. The minimum absolute atomic E-state index is 0.110. The van der Waals surface area contributed by atoms with Gasteiger partial charge in [-0.3, -0.25) is 19.3 Å². The highest BCUT2D eigenvalue weighted by Crippen LogP contribution is 2.49. The fourth-order valence-electron chi connectivity index (χ4n) is 5.22. The van der Waals surface area contributed by atoms with Crippen molar-refractivity contribution in [2.45, 2.75) is 31.8 Å². The molecular formula is C25H23BrN2O3. The van der Waals surface area contributed by atoms with Crippen molar-refractivity contribution in [3.8, 4) is 0 Å². The lowest BCUT2D eigenvalue weighted by molar-refractivity contribution is -0.140. The van der Waals surface area contributed by atoms with Crippen LogP contribution in [0.15, 0.2) is 59.1 Å². The van der Waals surface area contributed by atoms with E-state index >= 15 is 0 Å². The number of nitrogens with zero attached hydrogens (tertiary/aromatic N) is 2. The van der Waals surface area contributed by atoms with Gasteiger partial charge in [0.15, 0.2) is 5.78 Å². The average molecular weight is 479 g/mol. The molecule has 0 radical (unpaired) electrons. The molecule has 5 nitrogen and oxygen atoms in total. The molecule has 6 heteroatoms. The molecule has 158 valence electrons. The number of fused-ring (bicyclic) bond motifs is 5. The first kappa shape index (κ1) is 20.2. The smallest absolute Gasteiger partial charge is 0.235 e. The van der Waals surface area contributed by atoms with Crippen LogP contribution in [0.1, 0.15) is 35.7 Å². The summed E-state index contributed by atoms with van der Waals surface area (Å²) >= 11 is 3.51. The lowest BCUT2D eigenvalue weighted by Gasteiger charge is -2.36. The number of likely N-dealkylation sites (tertiary alicyclic amines) is 1. The number of imide groups is 1. The molecule has 3 aliphatic heterocycles. The van der Waals surface area contributed by atoms with E-state index in [0.717, 1.165) is 28.6 Å². The van der Waals surface area contributed by atoms with E-state index in [1.165, 1.54) is 4.90 Å². The average Bonchev–Trinajstić information content (AvgIpc) is 3.25. The van der Waals surface area contributed by atoms with Crippen molar-refractivity contribution >= 4 is 45.3 Å². The van der Waals surface area contributed by atoms with Crippen molar-refractivity contribution in [1.29, 1.82) is 0 Å². The lowest BCUT2D eigenvalue weighted by atomic mass is 9.86. The lowest BCUT2D eigenvalue weighted by Crippen LogP contribution is -2.48. The van der Waals surface area contributed by atoms with Gasteiger partial charge in [-0.05, 0) is 30.2 Å². The third-order valence-corrected chi connectivity index (χ3v) is 7.11. The molecule has 0 aliphatic carbocycles. The summed E-state index contributed by atoms with van der Waals surface area (Å²) in [6, 6.07) is 14.0. The number of hydrogen-bond acceptors (Lipinski definition) is 4. The Labute approximate surface area is 189 Å². The van der Waals surface area contributed by atoms with Gasteiger partial charge in [0.1, 0.15) is 6.04 Å². The highest BCUT2D eigenvalue weighted by molar-refractivity contribution is 9.10. The topological polar surface area (TPSA) is 57.7 Å². The van der Waals surface area contributed by atoms with Crippen LogP contribution < -0.4 is 4.90 Å². The molecule has 2 aromatic rings. The van der Waals surface area contributed by atoms with Crippen LogP contribution in [0.3, 0.4) is 0 Å². The molecule has 2 fully saturated rings. The molecule has 2 amide bonds. The van der Waals surface area contributed by atoms with Crippen molar-refractivity contribution in [2.75, 3.05) is 11.4 Å². The first-order valence-electron chi connectivity index (χ1n) is 10.7. The predicted molar refractivity (Wildman–Crippen MR) is 123 cm³/mol. The molecule has 3 aliphatic rings. The molecule has 4 unspecified atom stereocenters. The van der Waals surface area contributed by atoms with Gasteiger partial charge in [0.05, 0.1) is 17.9 Å². The second-order valence-electron chi connectivity index (χ2n) is 8.37. The number of ketones is 1. The Morgan fingerprint density at radius 2 is 1.77 bits per heavy atom. The van der Waals surface area contributed by atoms with Gasteiger partial charge in [0, 0.05) is 22.3 Å². The maximum absolute atomic E-state index is 13.7. The van der Waals surface area contributed by atoms with Crippen LogP contribution in [0.25, 0.3) is 6.08 Å². The van der Waals surface area contributed by atoms with E-state index in [1.54, 1.807) is 12.1 Å². The summed E-state index contributed by atoms with van der Waals surface area (Å²) in [6.07, 6.45) is 5.66. The quantitative estimate of drug-likeness (QED) is 0.474. The zero-order valence-corrected chi connectivity index (χ0v) is 18.8. The number of amides is 2. The third-order valence-electron chi connectivity index (χ3n) is 6.62. The van der Waals surface area contributed by atoms with E-state index in [0.29, 0.717) is 12.1 Å². The number of benzene rings is 2. The molecular weight excluding hydrogens is 456 g/mol. The van der Waals surface area contributed by atoms with Crippen LogP contribution in [0.5, 0.6) is 0 Å². The fourth-order valence-corrected chi connectivity index (χ4v) is 5.59. The van der Waals surface area contributed by atoms with Gasteiger partial charge in [-0.25, -0.2) is 0 Å². The Bertz CT molecular complexity index is 1100. The summed E-state index contributed by atoms with van der Waals surface area (Å²) in [6.45, 7) is 2.46. The maximum Gasteiger partial charge on any atom is 0.235 e. The van der Waals surface area contributed by atoms with Gasteiger partial charge in [0.25, 0.3) is 0 Å². The number of carbonyl (C=O) groups is 3.